The van der Waals surface area contributed by atoms with E-state index in [-0.39, 0.29) is 0 Å². The molecule has 0 radical (unpaired) electrons. The maximum absolute atomic E-state index is 5.98. The second-order valence-corrected chi connectivity index (χ2v) is 4.28. The summed E-state index contributed by atoms with van der Waals surface area (Å²) in [7, 11) is 0. The highest BCUT2D eigenvalue weighted by Crippen LogP contribution is 2.26. The number of H-pyrrole nitrogens is 1. The van der Waals surface area contributed by atoms with Crippen molar-refractivity contribution in [3.05, 3.63) is 41.0 Å². The van der Waals surface area contributed by atoms with Crippen molar-refractivity contribution < 1.29 is 0 Å². The molecule has 1 heterocycles. The fourth-order valence-corrected chi connectivity index (χ4v) is 1.71. The third-order valence-electron chi connectivity index (χ3n) is 2.46. The van der Waals surface area contributed by atoms with Gasteiger partial charge in [-0.15, -0.1) is 0 Å². The van der Waals surface area contributed by atoms with Crippen LogP contribution >= 0.6 is 11.6 Å². The van der Waals surface area contributed by atoms with Gasteiger partial charge in [0, 0.05) is 5.56 Å². The maximum atomic E-state index is 5.98. The molecule has 1 aromatic carbocycles. The molecule has 78 valence electrons. The molecule has 1 aromatic heterocycles. The Balaban J connectivity index is 2.36. The SMILES string of the molecule is CC(C)c1ccc(-c2[nH]ncc2Cl)cc1. The summed E-state index contributed by atoms with van der Waals surface area (Å²) in [6, 6.07) is 8.37. The molecule has 15 heavy (non-hydrogen) atoms. The van der Waals surface area contributed by atoms with Gasteiger partial charge in [-0.25, -0.2) is 0 Å². The topological polar surface area (TPSA) is 28.7 Å². The van der Waals surface area contributed by atoms with Crippen LogP contribution in [0.2, 0.25) is 5.02 Å². The van der Waals surface area contributed by atoms with Crippen LogP contribution in [-0.2, 0) is 0 Å². The Morgan fingerprint density at radius 2 is 1.87 bits per heavy atom. The number of benzene rings is 1. The smallest absolute Gasteiger partial charge is 0.0862 e. The van der Waals surface area contributed by atoms with Crippen LogP contribution < -0.4 is 0 Å². The molecule has 2 nitrogen and oxygen atoms in total. The highest BCUT2D eigenvalue weighted by Gasteiger charge is 2.05. The Hall–Kier alpha value is -1.28. The number of nitrogens with one attached hydrogen (secondary N) is 1. The van der Waals surface area contributed by atoms with Crippen molar-refractivity contribution in [1.82, 2.24) is 10.2 Å². The van der Waals surface area contributed by atoms with Crippen molar-refractivity contribution in [2.75, 3.05) is 0 Å². The van der Waals surface area contributed by atoms with Gasteiger partial charge in [0.25, 0.3) is 0 Å². The molecule has 2 rings (SSSR count). The number of hydrogen-bond acceptors (Lipinski definition) is 1. The predicted octanol–water partition coefficient (Wildman–Crippen LogP) is 3.85. The Bertz CT molecular complexity index is 443. The van der Waals surface area contributed by atoms with Gasteiger partial charge in [0.05, 0.1) is 16.9 Å². The van der Waals surface area contributed by atoms with Gasteiger partial charge in [-0.3, -0.25) is 5.10 Å². The van der Waals surface area contributed by atoms with Crippen LogP contribution in [0.5, 0.6) is 0 Å². The molecule has 0 aliphatic carbocycles. The molecule has 0 amide bonds. The van der Waals surface area contributed by atoms with Crippen LogP contribution in [0, 0.1) is 0 Å². The van der Waals surface area contributed by atoms with E-state index in [1.165, 1.54) is 5.56 Å². The van der Waals surface area contributed by atoms with E-state index in [1.54, 1.807) is 6.20 Å². The van der Waals surface area contributed by atoms with Crippen molar-refractivity contribution in [3.8, 4) is 11.3 Å². The van der Waals surface area contributed by atoms with Gasteiger partial charge in [-0.1, -0.05) is 49.7 Å². The van der Waals surface area contributed by atoms with Crippen molar-refractivity contribution in [2.24, 2.45) is 0 Å². The van der Waals surface area contributed by atoms with Gasteiger partial charge in [0.2, 0.25) is 0 Å². The molecule has 0 unspecified atom stereocenters. The quantitative estimate of drug-likeness (QED) is 0.818. The summed E-state index contributed by atoms with van der Waals surface area (Å²) in [6.07, 6.45) is 1.62. The lowest BCUT2D eigenvalue weighted by Crippen LogP contribution is -1.87. The second kappa shape index (κ2) is 4.07. The first-order chi connectivity index (χ1) is 7.18. The molecule has 0 atom stereocenters. The Labute approximate surface area is 94.3 Å². The number of nitrogens with zero attached hydrogens (tertiary/aromatic N) is 1. The van der Waals surface area contributed by atoms with Gasteiger partial charge < -0.3 is 0 Å². The normalized spacial score (nSPS) is 10.9. The van der Waals surface area contributed by atoms with Gasteiger partial charge in [-0.2, -0.15) is 5.10 Å². The fourth-order valence-electron chi connectivity index (χ4n) is 1.51. The number of rotatable bonds is 2. The van der Waals surface area contributed by atoms with E-state index in [0.717, 1.165) is 11.3 Å². The van der Waals surface area contributed by atoms with E-state index < -0.39 is 0 Å². The molecule has 0 aliphatic heterocycles. The molecule has 0 spiro atoms. The van der Waals surface area contributed by atoms with E-state index in [0.29, 0.717) is 10.9 Å². The summed E-state index contributed by atoms with van der Waals surface area (Å²) < 4.78 is 0. The Morgan fingerprint density at radius 1 is 1.20 bits per heavy atom. The maximum Gasteiger partial charge on any atom is 0.0862 e. The molecule has 1 N–H and O–H groups in total. The first kappa shape index (κ1) is 10.2. The molecule has 0 saturated heterocycles. The highest BCUT2D eigenvalue weighted by atomic mass is 35.5. The molecular weight excluding hydrogens is 208 g/mol. The summed E-state index contributed by atoms with van der Waals surface area (Å²) in [5, 5.41) is 7.45. The number of halogens is 1. The first-order valence-corrected chi connectivity index (χ1v) is 5.35. The fraction of sp³-hybridized carbons (Fsp3) is 0.250. The second-order valence-electron chi connectivity index (χ2n) is 3.87. The van der Waals surface area contributed by atoms with E-state index in [9.17, 15) is 0 Å². The van der Waals surface area contributed by atoms with Crippen LogP contribution in [0.4, 0.5) is 0 Å². The van der Waals surface area contributed by atoms with E-state index in [2.05, 4.69) is 48.3 Å². The minimum Gasteiger partial charge on any atom is -0.276 e. The lowest BCUT2D eigenvalue weighted by molar-refractivity contribution is 0.867. The van der Waals surface area contributed by atoms with E-state index >= 15 is 0 Å². The van der Waals surface area contributed by atoms with Crippen LogP contribution in [-0.4, -0.2) is 10.2 Å². The summed E-state index contributed by atoms with van der Waals surface area (Å²) >= 11 is 5.98. The van der Waals surface area contributed by atoms with Crippen molar-refractivity contribution in [2.45, 2.75) is 19.8 Å². The summed E-state index contributed by atoms with van der Waals surface area (Å²) in [5.74, 6) is 0.552. The number of hydrogen-bond donors (Lipinski definition) is 1. The third-order valence-corrected chi connectivity index (χ3v) is 2.75. The number of aromatic amines is 1. The zero-order valence-electron chi connectivity index (χ0n) is 8.79. The van der Waals surface area contributed by atoms with Crippen molar-refractivity contribution >= 4 is 11.6 Å². The zero-order chi connectivity index (χ0) is 10.8. The van der Waals surface area contributed by atoms with Crippen LogP contribution in [0.3, 0.4) is 0 Å². The third kappa shape index (κ3) is 2.05. The lowest BCUT2D eigenvalue weighted by Gasteiger charge is -2.05. The Kier molecular flexibility index (Phi) is 2.78. The minimum atomic E-state index is 0.552. The van der Waals surface area contributed by atoms with Crippen LogP contribution in [0.25, 0.3) is 11.3 Å². The van der Waals surface area contributed by atoms with Gasteiger partial charge in [-0.05, 0) is 11.5 Å². The Morgan fingerprint density at radius 3 is 2.33 bits per heavy atom. The number of aromatic nitrogens is 2. The largest absolute Gasteiger partial charge is 0.276 e. The molecular formula is C12H13ClN2. The van der Waals surface area contributed by atoms with E-state index in [1.807, 2.05) is 0 Å². The standard InChI is InChI=1S/C12H13ClN2/c1-8(2)9-3-5-10(6-4-9)12-11(13)7-14-15-12/h3-8H,1-2H3,(H,14,15). The molecule has 2 aromatic rings. The average molecular weight is 221 g/mol. The van der Waals surface area contributed by atoms with Crippen LogP contribution in [0.15, 0.2) is 30.5 Å². The summed E-state index contributed by atoms with van der Waals surface area (Å²) in [4.78, 5) is 0. The molecule has 0 aliphatic rings. The molecule has 0 bridgehead atoms. The lowest BCUT2D eigenvalue weighted by atomic mass is 10.0. The van der Waals surface area contributed by atoms with Crippen molar-refractivity contribution in [1.29, 1.82) is 0 Å². The molecule has 3 heteroatoms. The molecule has 0 fully saturated rings. The van der Waals surface area contributed by atoms with Gasteiger partial charge >= 0.3 is 0 Å². The molecule has 0 saturated carbocycles. The van der Waals surface area contributed by atoms with Crippen LogP contribution in [0.1, 0.15) is 25.3 Å². The van der Waals surface area contributed by atoms with Gasteiger partial charge in [0.1, 0.15) is 0 Å². The summed E-state index contributed by atoms with van der Waals surface area (Å²) in [6.45, 7) is 4.36. The highest BCUT2D eigenvalue weighted by molar-refractivity contribution is 6.32. The zero-order valence-corrected chi connectivity index (χ0v) is 9.55. The summed E-state index contributed by atoms with van der Waals surface area (Å²) in [5.41, 5.74) is 3.28. The van der Waals surface area contributed by atoms with E-state index in [4.69, 9.17) is 11.6 Å². The monoisotopic (exact) mass is 220 g/mol. The first-order valence-electron chi connectivity index (χ1n) is 4.97. The predicted molar refractivity (Wildman–Crippen MR) is 63.1 cm³/mol. The van der Waals surface area contributed by atoms with Crippen molar-refractivity contribution in [3.63, 3.8) is 0 Å². The average Bonchev–Trinajstić information content (AvgIpc) is 2.65. The minimum absolute atomic E-state index is 0.552. The van der Waals surface area contributed by atoms with Gasteiger partial charge in [0.15, 0.2) is 0 Å².